The van der Waals surface area contributed by atoms with Crippen LogP contribution in [0.3, 0.4) is 0 Å². The molecule has 3 nitrogen and oxygen atoms in total. The molecule has 3 heteroatoms. The van der Waals surface area contributed by atoms with E-state index < -0.39 is 0 Å². The van der Waals surface area contributed by atoms with E-state index in [4.69, 9.17) is 10.5 Å². The highest BCUT2D eigenvalue weighted by Crippen LogP contribution is 2.22. The number of benzene rings is 2. The Hall–Kier alpha value is -2.39. The second kappa shape index (κ2) is 5.94. The Balaban J connectivity index is 1.87. The molecule has 0 bridgehead atoms. The van der Waals surface area contributed by atoms with Gasteiger partial charge in [0.2, 0.25) is 0 Å². The van der Waals surface area contributed by atoms with Crippen molar-refractivity contribution in [2.45, 2.75) is 20.1 Å². The number of hydrogen-bond donors (Lipinski definition) is 1. The molecule has 2 N–H and O–H groups in total. The van der Waals surface area contributed by atoms with E-state index in [2.05, 4.69) is 35.3 Å². The first-order valence-electron chi connectivity index (χ1n) is 7.04. The average molecular weight is 278 g/mol. The Labute approximate surface area is 124 Å². The van der Waals surface area contributed by atoms with Crippen molar-refractivity contribution in [3.8, 4) is 5.75 Å². The highest BCUT2D eigenvalue weighted by molar-refractivity contribution is 5.85. The third-order valence-corrected chi connectivity index (χ3v) is 3.53. The third-order valence-electron chi connectivity index (χ3n) is 3.53. The number of pyridine rings is 1. The van der Waals surface area contributed by atoms with E-state index in [9.17, 15) is 0 Å². The number of rotatable bonds is 4. The Morgan fingerprint density at radius 2 is 1.81 bits per heavy atom. The lowest BCUT2D eigenvalue weighted by atomic mass is 10.1. The van der Waals surface area contributed by atoms with Gasteiger partial charge in [0.1, 0.15) is 12.4 Å². The second-order valence-corrected chi connectivity index (χ2v) is 5.03. The van der Waals surface area contributed by atoms with E-state index in [1.54, 1.807) is 0 Å². The minimum atomic E-state index is 0.381. The third kappa shape index (κ3) is 2.88. The maximum Gasteiger partial charge on any atom is 0.142 e. The van der Waals surface area contributed by atoms with Gasteiger partial charge in [0.15, 0.2) is 0 Å². The molecule has 0 spiro atoms. The fraction of sp³-hybridized carbons (Fsp3) is 0.167. The van der Waals surface area contributed by atoms with Crippen LogP contribution in [0.15, 0.2) is 54.6 Å². The van der Waals surface area contributed by atoms with Crippen molar-refractivity contribution in [3.05, 3.63) is 71.5 Å². The van der Waals surface area contributed by atoms with Gasteiger partial charge in [0, 0.05) is 12.2 Å². The maximum absolute atomic E-state index is 5.93. The van der Waals surface area contributed by atoms with Crippen molar-refractivity contribution < 1.29 is 4.74 Å². The number of aryl methyl sites for hydroxylation is 1. The molecule has 0 aliphatic carbocycles. The van der Waals surface area contributed by atoms with Gasteiger partial charge in [-0.2, -0.15) is 0 Å². The quantitative estimate of drug-likeness (QED) is 0.793. The lowest BCUT2D eigenvalue weighted by Gasteiger charge is -2.12. The molecule has 0 aliphatic rings. The molecule has 0 fully saturated rings. The molecule has 1 aromatic heterocycles. The van der Waals surface area contributed by atoms with Crippen molar-refractivity contribution in [3.63, 3.8) is 0 Å². The smallest absolute Gasteiger partial charge is 0.142 e. The van der Waals surface area contributed by atoms with Gasteiger partial charge in [-0.15, -0.1) is 0 Å². The highest BCUT2D eigenvalue weighted by atomic mass is 16.5. The summed E-state index contributed by atoms with van der Waals surface area (Å²) in [6.07, 6.45) is 0. The summed E-state index contributed by atoms with van der Waals surface area (Å²) in [5.41, 5.74) is 8.65. The normalized spacial score (nSPS) is 10.8. The molecular weight excluding hydrogens is 260 g/mol. The number of nitrogens with zero attached hydrogens (tertiary/aromatic N) is 1. The van der Waals surface area contributed by atoms with Gasteiger partial charge in [-0.25, -0.2) is 0 Å². The van der Waals surface area contributed by atoms with Crippen molar-refractivity contribution in [1.82, 2.24) is 4.98 Å². The zero-order valence-corrected chi connectivity index (χ0v) is 12.0. The first kappa shape index (κ1) is 13.6. The van der Waals surface area contributed by atoms with Crippen molar-refractivity contribution in [1.29, 1.82) is 0 Å². The average Bonchev–Trinajstić information content (AvgIpc) is 2.53. The van der Waals surface area contributed by atoms with Crippen LogP contribution in [0.4, 0.5) is 0 Å². The Kier molecular flexibility index (Phi) is 3.84. The minimum Gasteiger partial charge on any atom is -0.487 e. The zero-order chi connectivity index (χ0) is 14.7. The monoisotopic (exact) mass is 278 g/mol. The van der Waals surface area contributed by atoms with Crippen molar-refractivity contribution in [2.24, 2.45) is 5.73 Å². The van der Waals surface area contributed by atoms with Gasteiger partial charge >= 0.3 is 0 Å². The minimum absolute atomic E-state index is 0.381. The molecule has 0 atom stereocenters. The van der Waals surface area contributed by atoms with E-state index >= 15 is 0 Å². The van der Waals surface area contributed by atoms with E-state index in [0.29, 0.717) is 13.2 Å². The van der Waals surface area contributed by atoms with Gasteiger partial charge in [0.25, 0.3) is 0 Å². The summed E-state index contributed by atoms with van der Waals surface area (Å²) >= 11 is 0. The lowest BCUT2D eigenvalue weighted by molar-refractivity contribution is 0.302. The van der Waals surface area contributed by atoms with Crippen LogP contribution in [0.25, 0.3) is 10.8 Å². The van der Waals surface area contributed by atoms with Crippen molar-refractivity contribution in [2.75, 3.05) is 0 Å². The molecule has 1 heterocycles. The van der Waals surface area contributed by atoms with Crippen molar-refractivity contribution >= 4 is 10.8 Å². The fourth-order valence-corrected chi connectivity index (χ4v) is 2.45. The summed E-state index contributed by atoms with van der Waals surface area (Å²) < 4.78 is 5.93. The predicted molar refractivity (Wildman–Crippen MR) is 85.1 cm³/mol. The molecule has 0 unspecified atom stereocenters. The maximum atomic E-state index is 5.93. The van der Waals surface area contributed by atoms with Crippen LogP contribution in [0.5, 0.6) is 5.75 Å². The van der Waals surface area contributed by atoms with Crippen LogP contribution in [0.2, 0.25) is 0 Å². The van der Waals surface area contributed by atoms with E-state index in [-0.39, 0.29) is 0 Å². The van der Waals surface area contributed by atoms with Crippen LogP contribution in [0, 0.1) is 6.92 Å². The largest absolute Gasteiger partial charge is 0.487 e. The van der Waals surface area contributed by atoms with Crippen LogP contribution < -0.4 is 10.5 Å². The van der Waals surface area contributed by atoms with Gasteiger partial charge < -0.3 is 10.5 Å². The van der Waals surface area contributed by atoms with Gasteiger partial charge in [0.05, 0.1) is 5.69 Å². The molecule has 21 heavy (non-hydrogen) atoms. The molecule has 106 valence electrons. The van der Waals surface area contributed by atoms with E-state index in [0.717, 1.165) is 22.7 Å². The van der Waals surface area contributed by atoms with Crippen LogP contribution >= 0.6 is 0 Å². The summed E-state index contributed by atoms with van der Waals surface area (Å²) in [7, 11) is 0. The zero-order valence-electron chi connectivity index (χ0n) is 12.0. The molecule has 0 aliphatic heterocycles. The standard InChI is InChI=1S/C18H18N2O/c1-13-9-10-18(17(11-19)20-13)21-12-15-7-4-6-14-5-2-3-8-16(14)15/h2-10H,11-12,19H2,1H3. The summed E-state index contributed by atoms with van der Waals surface area (Å²) in [5, 5.41) is 2.44. The Morgan fingerprint density at radius 3 is 2.67 bits per heavy atom. The van der Waals surface area contributed by atoms with Crippen LogP contribution in [-0.2, 0) is 13.2 Å². The number of aromatic nitrogens is 1. The number of ether oxygens (including phenoxy) is 1. The van der Waals surface area contributed by atoms with Gasteiger partial charge in [-0.05, 0) is 35.4 Å². The molecule has 0 saturated heterocycles. The molecular formula is C18H18N2O. The van der Waals surface area contributed by atoms with E-state index in [1.807, 2.05) is 31.2 Å². The topological polar surface area (TPSA) is 48.1 Å². The summed E-state index contributed by atoms with van der Waals surface area (Å²) in [6.45, 7) is 2.85. The highest BCUT2D eigenvalue weighted by Gasteiger charge is 2.06. The first-order chi connectivity index (χ1) is 10.3. The summed E-state index contributed by atoms with van der Waals surface area (Å²) in [5.74, 6) is 0.760. The number of fused-ring (bicyclic) bond motifs is 1. The number of hydrogen-bond acceptors (Lipinski definition) is 3. The Bertz CT molecular complexity index is 763. The molecule has 3 aromatic rings. The molecule has 0 saturated carbocycles. The SMILES string of the molecule is Cc1ccc(OCc2cccc3ccccc23)c(CN)n1. The summed E-state index contributed by atoms with van der Waals surface area (Å²) in [6, 6.07) is 18.5. The van der Waals surface area contributed by atoms with Crippen LogP contribution in [-0.4, -0.2) is 4.98 Å². The fourth-order valence-electron chi connectivity index (χ4n) is 2.45. The Morgan fingerprint density at radius 1 is 1.00 bits per heavy atom. The van der Waals surface area contributed by atoms with Gasteiger partial charge in [-0.3, -0.25) is 4.98 Å². The van der Waals surface area contributed by atoms with E-state index in [1.165, 1.54) is 10.8 Å². The molecule has 0 radical (unpaired) electrons. The second-order valence-electron chi connectivity index (χ2n) is 5.03. The lowest BCUT2D eigenvalue weighted by Crippen LogP contribution is -2.06. The number of nitrogens with two attached hydrogens (primary N) is 1. The molecule has 3 rings (SSSR count). The van der Waals surface area contributed by atoms with Crippen LogP contribution in [0.1, 0.15) is 17.0 Å². The first-order valence-corrected chi connectivity index (χ1v) is 7.04. The van der Waals surface area contributed by atoms with Gasteiger partial charge in [-0.1, -0.05) is 42.5 Å². The molecule has 0 amide bonds. The molecule has 2 aromatic carbocycles. The summed E-state index contributed by atoms with van der Waals surface area (Å²) in [4.78, 5) is 4.42. The predicted octanol–water partition coefficient (Wildman–Crippen LogP) is 3.58.